The molecule has 0 heterocycles. The second-order valence-corrected chi connectivity index (χ2v) is 6.02. The van der Waals surface area contributed by atoms with Crippen molar-refractivity contribution < 1.29 is 14.3 Å². The van der Waals surface area contributed by atoms with Crippen LogP contribution in [0.5, 0.6) is 5.75 Å². The second kappa shape index (κ2) is 8.60. The summed E-state index contributed by atoms with van der Waals surface area (Å²) in [4.78, 5) is 11.8. The number of nitrogens with one attached hydrogen (secondary N) is 1. The van der Waals surface area contributed by atoms with Crippen LogP contribution >= 0.6 is 23.0 Å². The first-order valence-electron chi connectivity index (χ1n) is 6.89. The zero-order valence-electron chi connectivity index (χ0n) is 12.9. The average molecular weight is 352 g/mol. The van der Waals surface area contributed by atoms with Crippen molar-refractivity contribution in [2.45, 2.75) is 5.75 Å². The number of hydrogen-bond acceptors (Lipinski definition) is 3. The normalized spacial score (nSPS) is 10.9. The maximum Gasteiger partial charge on any atom is 0.340 e. The van der Waals surface area contributed by atoms with Gasteiger partial charge in [0.2, 0.25) is 0 Å². The van der Waals surface area contributed by atoms with Crippen molar-refractivity contribution in [1.82, 2.24) is 0 Å². The topological polar surface area (TPSA) is 47.6 Å². The van der Waals surface area contributed by atoms with E-state index in [0.717, 1.165) is 22.9 Å². The maximum absolute atomic E-state index is 11.8. The molecule has 23 heavy (non-hydrogen) atoms. The zero-order valence-corrected chi connectivity index (χ0v) is 14.5. The molecule has 0 fully saturated rings. The Kier molecular flexibility index (Phi) is 6.50. The van der Waals surface area contributed by atoms with Crippen LogP contribution in [-0.2, 0) is 10.5 Å². The summed E-state index contributed by atoms with van der Waals surface area (Å²) in [6.07, 6.45) is 0. The largest absolute Gasteiger partial charge is 0.497 e. The number of ether oxygens (including phenoxy) is 2. The van der Waals surface area contributed by atoms with E-state index >= 15 is 0 Å². The molecule has 1 N–H and O–H groups in total. The van der Waals surface area contributed by atoms with Gasteiger partial charge in [-0.1, -0.05) is 23.7 Å². The van der Waals surface area contributed by atoms with Gasteiger partial charge in [0.25, 0.3) is 0 Å². The summed E-state index contributed by atoms with van der Waals surface area (Å²) in [6, 6.07) is 13.0. The third-order valence-electron chi connectivity index (χ3n) is 3.13. The molecule has 0 unspecified atom stereocenters. The molecule has 0 atom stereocenters. The van der Waals surface area contributed by atoms with Crippen LogP contribution in [-0.4, -0.2) is 25.7 Å². The monoisotopic (exact) mass is 351 g/mol. The van der Waals surface area contributed by atoms with E-state index in [1.807, 2.05) is 29.8 Å². The molecule has 0 amide bonds. The highest BCUT2D eigenvalue weighted by Gasteiger charge is 2.11. The summed E-state index contributed by atoms with van der Waals surface area (Å²) in [5, 5.41) is 3.62. The third-order valence-corrected chi connectivity index (χ3v) is 4.23. The van der Waals surface area contributed by atoms with Crippen LogP contribution in [0.3, 0.4) is 0 Å². The van der Waals surface area contributed by atoms with Crippen LogP contribution in [0.1, 0.15) is 15.9 Å². The van der Waals surface area contributed by atoms with Gasteiger partial charge < -0.3 is 14.8 Å². The number of rotatable bonds is 6. The van der Waals surface area contributed by atoms with E-state index in [4.69, 9.17) is 21.1 Å². The number of thiol groups is 1. The summed E-state index contributed by atoms with van der Waals surface area (Å²) >= 11 is 7.00. The van der Waals surface area contributed by atoms with E-state index < -0.39 is 5.97 Å². The number of esters is 1. The highest BCUT2D eigenvalue weighted by Crippen LogP contribution is 2.21. The fraction of sp³-hybridized carbons (Fsp3) is 0.176. The van der Waals surface area contributed by atoms with Crippen molar-refractivity contribution in [1.29, 1.82) is 0 Å². The van der Waals surface area contributed by atoms with Crippen molar-refractivity contribution in [2.75, 3.05) is 19.5 Å². The highest BCUT2D eigenvalue weighted by molar-refractivity contribution is 7.96. The van der Waals surface area contributed by atoms with Gasteiger partial charge in [0.1, 0.15) is 5.75 Å². The van der Waals surface area contributed by atoms with Gasteiger partial charge in [0.05, 0.1) is 25.5 Å². The Hall–Kier alpha value is -1.98. The fourth-order valence-corrected chi connectivity index (χ4v) is 2.83. The summed E-state index contributed by atoms with van der Waals surface area (Å²) < 4.78 is 9.90. The summed E-state index contributed by atoms with van der Waals surface area (Å²) in [5.41, 5.74) is 4.18. The van der Waals surface area contributed by atoms with Gasteiger partial charge in [-0.15, -0.1) is 0 Å². The predicted octanol–water partition coefficient (Wildman–Crippen LogP) is 3.97. The molecule has 2 rings (SSSR count). The first-order chi connectivity index (χ1) is 11.1. The Labute approximate surface area is 144 Å². The number of anilines is 1. The lowest BCUT2D eigenvalue weighted by Gasteiger charge is -2.08. The molecule has 0 spiro atoms. The van der Waals surface area contributed by atoms with Gasteiger partial charge in [0, 0.05) is 16.3 Å². The molecule has 2 aromatic carbocycles. The minimum Gasteiger partial charge on any atom is -0.497 e. The van der Waals surface area contributed by atoms with Gasteiger partial charge in [-0.25, -0.2) is 4.79 Å². The van der Waals surface area contributed by atoms with Gasteiger partial charge >= 0.3 is 5.97 Å². The van der Waals surface area contributed by atoms with Crippen molar-refractivity contribution in [3.8, 4) is 5.75 Å². The lowest BCUT2D eigenvalue weighted by molar-refractivity contribution is 0.0602. The smallest absolute Gasteiger partial charge is 0.340 e. The van der Waals surface area contributed by atoms with E-state index in [9.17, 15) is 4.79 Å². The van der Waals surface area contributed by atoms with Crippen molar-refractivity contribution in [2.24, 2.45) is 0 Å². The number of methoxy groups -OCH3 is 2. The molecule has 0 saturated heterocycles. The number of carbonyl (C=O) groups excluding carboxylic acids is 1. The average Bonchev–Trinajstić information content (AvgIpc) is 2.59. The van der Waals surface area contributed by atoms with Crippen LogP contribution < -0.4 is 10.1 Å². The summed E-state index contributed by atoms with van der Waals surface area (Å²) in [7, 11) is 2.99. The SMILES string of the molecule is COC(=O)c1cc(Cl)ccc1NC=[SH]Cc1ccc(OC)cc1. The molecule has 0 aromatic heterocycles. The Morgan fingerprint density at radius 2 is 1.96 bits per heavy atom. The Bertz CT molecular complexity index is 701. The molecule has 2 aromatic rings. The van der Waals surface area contributed by atoms with Crippen LogP contribution in [0.4, 0.5) is 5.69 Å². The van der Waals surface area contributed by atoms with Crippen LogP contribution in [0, 0.1) is 0 Å². The molecule has 0 radical (unpaired) electrons. The Balaban J connectivity index is 2.01. The molecule has 6 heteroatoms. The lowest BCUT2D eigenvalue weighted by atomic mass is 10.2. The Morgan fingerprint density at radius 1 is 1.22 bits per heavy atom. The van der Waals surface area contributed by atoms with Crippen LogP contribution in [0.25, 0.3) is 0 Å². The summed E-state index contributed by atoms with van der Waals surface area (Å²) in [6.45, 7) is 0. The number of hydrogen-bond donors (Lipinski definition) is 2. The van der Waals surface area contributed by atoms with E-state index in [0.29, 0.717) is 16.3 Å². The quantitative estimate of drug-likeness (QED) is 0.469. The first-order valence-corrected chi connectivity index (χ1v) is 8.42. The molecule has 0 saturated carbocycles. The van der Waals surface area contributed by atoms with E-state index in [1.54, 1.807) is 25.3 Å². The summed E-state index contributed by atoms with van der Waals surface area (Å²) in [5.74, 6) is 1.28. The zero-order chi connectivity index (χ0) is 16.7. The minimum atomic E-state index is -0.421. The van der Waals surface area contributed by atoms with Gasteiger partial charge in [-0.05, 0) is 35.9 Å². The van der Waals surface area contributed by atoms with E-state index in [1.165, 1.54) is 12.7 Å². The number of halogens is 1. The molecule has 0 bridgehead atoms. The Morgan fingerprint density at radius 3 is 2.61 bits per heavy atom. The third kappa shape index (κ3) is 5.01. The molecular formula is C17H18ClNO3S. The van der Waals surface area contributed by atoms with E-state index in [2.05, 4.69) is 5.32 Å². The standard InChI is InChI=1S/C17H18ClNO3S/c1-21-14-6-3-12(4-7-14)10-23-11-19-16-8-5-13(18)9-15(16)17(20)22-2/h3-9,11,19,23H,10H2,1-2H3. The minimum absolute atomic E-state index is 0.413. The number of benzene rings is 2. The van der Waals surface area contributed by atoms with Gasteiger partial charge in [-0.2, -0.15) is 11.4 Å². The fourth-order valence-electron chi connectivity index (χ4n) is 1.92. The lowest BCUT2D eigenvalue weighted by Crippen LogP contribution is -2.06. The van der Waals surface area contributed by atoms with Gasteiger partial charge in [-0.3, -0.25) is 0 Å². The molecule has 122 valence electrons. The highest BCUT2D eigenvalue weighted by atomic mass is 35.5. The predicted molar refractivity (Wildman–Crippen MR) is 98.2 cm³/mol. The molecule has 0 aliphatic rings. The maximum atomic E-state index is 11.8. The number of carbonyl (C=O) groups is 1. The molecule has 0 aliphatic heterocycles. The molecule has 0 aliphatic carbocycles. The second-order valence-electron chi connectivity index (χ2n) is 4.64. The van der Waals surface area contributed by atoms with Crippen molar-refractivity contribution >= 4 is 40.1 Å². The van der Waals surface area contributed by atoms with E-state index in [-0.39, 0.29) is 0 Å². The molecule has 4 nitrogen and oxygen atoms in total. The first kappa shape index (κ1) is 17.4. The van der Waals surface area contributed by atoms with Crippen LogP contribution in [0.2, 0.25) is 5.02 Å². The molecular weight excluding hydrogens is 334 g/mol. The van der Waals surface area contributed by atoms with Crippen molar-refractivity contribution in [3.63, 3.8) is 0 Å². The van der Waals surface area contributed by atoms with Crippen molar-refractivity contribution in [3.05, 3.63) is 58.6 Å². The van der Waals surface area contributed by atoms with Crippen LogP contribution in [0.15, 0.2) is 42.5 Å². The van der Waals surface area contributed by atoms with Gasteiger partial charge in [0.15, 0.2) is 0 Å².